The Labute approximate surface area is 208 Å². The van der Waals surface area contributed by atoms with Crippen molar-refractivity contribution in [1.82, 2.24) is 0 Å². The zero-order chi connectivity index (χ0) is 24.6. The molecule has 3 aromatic rings. The second kappa shape index (κ2) is 12.2. The van der Waals surface area contributed by atoms with Crippen LogP contribution in [0.2, 0.25) is 0 Å². The third-order valence-corrected chi connectivity index (χ3v) is 7.10. The highest BCUT2D eigenvalue weighted by Crippen LogP contribution is 2.39. The van der Waals surface area contributed by atoms with Gasteiger partial charge < -0.3 is 4.74 Å². The second-order valence-electron chi connectivity index (χ2n) is 9.77. The molecule has 4 rings (SSSR count). The molecule has 1 aliphatic rings. The smallest absolute Gasteiger partial charge is 0.200 e. The molecular weight excluding hydrogens is 438 g/mol. The van der Waals surface area contributed by atoms with Crippen LogP contribution in [0.5, 0.6) is 5.75 Å². The number of ether oxygens (including phenoxy) is 1. The third kappa shape index (κ3) is 6.60. The number of allylic oxidation sites excluding steroid dienone is 2. The van der Waals surface area contributed by atoms with Gasteiger partial charge in [-0.25, -0.2) is 4.39 Å². The van der Waals surface area contributed by atoms with Gasteiger partial charge in [-0.2, -0.15) is 4.39 Å². The molecule has 0 heterocycles. The zero-order valence-corrected chi connectivity index (χ0v) is 20.9. The number of aryl methyl sites for hydroxylation is 2. The lowest BCUT2D eigenvalue weighted by atomic mass is 9.78. The Morgan fingerprint density at radius 2 is 1.49 bits per heavy atom. The molecule has 0 bridgehead atoms. The van der Waals surface area contributed by atoms with Crippen molar-refractivity contribution in [3.63, 3.8) is 0 Å². The number of halogens is 2. The van der Waals surface area contributed by atoms with E-state index in [-0.39, 0.29) is 11.7 Å². The highest BCUT2D eigenvalue weighted by atomic mass is 19.2. The number of hydrogen-bond donors (Lipinski definition) is 0. The molecule has 0 saturated heterocycles. The summed E-state index contributed by atoms with van der Waals surface area (Å²) >= 11 is 0. The highest BCUT2D eigenvalue weighted by Gasteiger charge is 2.25. The van der Waals surface area contributed by atoms with E-state index in [1.54, 1.807) is 12.1 Å². The van der Waals surface area contributed by atoms with Gasteiger partial charge in [-0.15, -0.1) is 0 Å². The van der Waals surface area contributed by atoms with Crippen molar-refractivity contribution in [3.05, 3.63) is 101 Å². The van der Waals surface area contributed by atoms with Gasteiger partial charge in [-0.3, -0.25) is 0 Å². The van der Waals surface area contributed by atoms with Crippen LogP contribution < -0.4 is 4.74 Å². The summed E-state index contributed by atoms with van der Waals surface area (Å²) in [6.07, 6.45) is 11.2. The summed E-state index contributed by atoms with van der Waals surface area (Å²) in [5.74, 6) is -0.943. The monoisotopic (exact) mass is 474 g/mol. The molecule has 1 aliphatic carbocycles. The fourth-order valence-electron chi connectivity index (χ4n) is 4.96. The summed E-state index contributed by atoms with van der Waals surface area (Å²) in [4.78, 5) is 0. The van der Waals surface area contributed by atoms with Crippen molar-refractivity contribution in [2.75, 3.05) is 6.61 Å². The van der Waals surface area contributed by atoms with E-state index in [9.17, 15) is 8.78 Å². The van der Waals surface area contributed by atoms with Gasteiger partial charge in [-0.1, -0.05) is 79.2 Å². The first-order valence-electron chi connectivity index (χ1n) is 13.0. The van der Waals surface area contributed by atoms with Crippen LogP contribution in [0.15, 0.2) is 72.8 Å². The first-order valence-corrected chi connectivity index (χ1v) is 13.0. The van der Waals surface area contributed by atoms with Crippen LogP contribution in [0, 0.1) is 24.5 Å². The van der Waals surface area contributed by atoms with Gasteiger partial charge >= 0.3 is 0 Å². The molecule has 0 spiro atoms. The molecule has 0 amide bonds. The first-order chi connectivity index (χ1) is 17.0. The molecule has 1 saturated carbocycles. The molecule has 0 N–H and O–H groups in total. The molecule has 184 valence electrons. The van der Waals surface area contributed by atoms with Crippen molar-refractivity contribution in [2.24, 2.45) is 5.92 Å². The van der Waals surface area contributed by atoms with Crippen molar-refractivity contribution >= 4 is 0 Å². The van der Waals surface area contributed by atoms with Gasteiger partial charge in [0.25, 0.3) is 0 Å². The van der Waals surface area contributed by atoms with Crippen LogP contribution in [0.1, 0.15) is 68.1 Å². The highest BCUT2D eigenvalue weighted by molar-refractivity contribution is 5.63. The first kappa shape index (κ1) is 25.2. The summed E-state index contributed by atoms with van der Waals surface area (Å²) in [6, 6.07) is 20.8. The maximum atomic E-state index is 14.6. The Hall–Kier alpha value is -2.94. The van der Waals surface area contributed by atoms with E-state index in [2.05, 4.69) is 67.6 Å². The van der Waals surface area contributed by atoms with Crippen LogP contribution >= 0.6 is 0 Å². The second-order valence-corrected chi connectivity index (χ2v) is 9.77. The molecule has 0 aromatic heterocycles. The summed E-state index contributed by atoms with van der Waals surface area (Å²) in [6.45, 7) is 4.45. The summed E-state index contributed by atoms with van der Waals surface area (Å²) in [5.41, 5.74) is 5.63. The van der Waals surface area contributed by atoms with Crippen LogP contribution in [-0.2, 0) is 6.42 Å². The van der Waals surface area contributed by atoms with E-state index in [1.807, 2.05) is 6.92 Å². The minimum atomic E-state index is -0.843. The van der Waals surface area contributed by atoms with Crippen LogP contribution in [-0.4, -0.2) is 6.61 Å². The minimum Gasteiger partial charge on any atom is -0.490 e. The van der Waals surface area contributed by atoms with Crippen LogP contribution in [0.3, 0.4) is 0 Å². The fourth-order valence-corrected chi connectivity index (χ4v) is 4.96. The van der Waals surface area contributed by atoms with Gasteiger partial charge in [0, 0.05) is 0 Å². The van der Waals surface area contributed by atoms with E-state index in [1.165, 1.54) is 22.3 Å². The molecule has 35 heavy (non-hydrogen) atoms. The predicted molar refractivity (Wildman–Crippen MR) is 141 cm³/mol. The van der Waals surface area contributed by atoms with Gasteiger partial charge in [0.05, 0.1) is 6.61 Å². The summed E-state index contributed by atoms with van der Waals surface area (Å²) in [5, 5.41) is 0. The average molecular weight is 475 g/mol. The van der Waals surface area contributed by atoms with E-state index in [0.29, 0.717) is 18.1 Å². The Kier molecular flexibility index (Phi) is 8.74. The van der Waals surface area contributed by atoms with Crippen molar-refractivity contribution in [1.29, 1.82) is 0 Å². The van der Waals surface area contributed by atoms with Crippen molar-refractivity contribution in [3.8, 4) is 16.9 Å². The lowest BCUT2D eigenvalue weighted by molar-refractivity contribution is 0.292. The van der Waals surface area contributed by atoms with Crippen molar-refractivity contribution in [2.45, 2.75) is 64.7 Å². The SMILES string of the molecule is CCCOc1ccc(C2CCC(/C=C/CCc3ccc(-c4ccc(C)cc4)cc3)CC2)c(F)c1F. The molecule has 0 radical (unpaired) electrons. The Morgan fingerprint density at radius 3 is 2.14 bits per heavy atom. The Balaban J connectivity index is 1.23. The molecule has 1 fully saturated rings. The zero-order valence-electron chi connectivity index (χ0n) is 20.9. The quantitative estimate of drug-likeness (QED) is 0.281. The average Bonchev–Trinajstić information content (AvgIpc) is 2.89. The summed E-state index contributed by atoms with van der Waals surface area (Å²) < 4.78 is 34.3. The molecule has 0 aliphatic heterocycles. The largest absolute Gasteiger partial charge is 0.490 e. The normalized spacial score (nSPS) is 18.2. The van der Waals surface area contributed by atoms with E-state index < -0.39 is 11.6 Å². The van der Waals surface area contributed by atoms with Gasteiger partial charge in [0.1, 0.15) is 0 Å². The topological polar surface area (TPSA) is 9.23 Å². The van der Waals surface area contributed by atoms with E-state index >= 15 is 0 Å². The van der Waals surface area contributed by atoms with E-state index in [4.69, 9.17) is 4.74 Å². The molecule has 3 heteroatoms. The maximum absolute atomic E-state index is 14.6. The number of hydrogen-bond acceptors (Lipinski definition) is 1. The fraction of sp³-hybridized carbons (Fsp3) is 0.375. The summed E-state index contributed by atoms with van der Waals surface area (Å²) in [7, 11) is 0. The molecule has 0 unspecified atom stereocenters. The van der Waals surface area contributed by atoms with E-state index in [0.717, 1.165) is 44.9 Å². The third-order valence-electron chi connectivity index (χ3n) is 7.10. The number of benzene rings is 3. The predicted octanol–water partition coefficient (Wildman–Crippen LogP) is 9.19. The molecule has 1 nitrogen and oxygen atoms in total. The van der Waals surface area contributed by atoms with Gasteiger partial charge in [0.2, 0.25) is 5.82 Å². The molecular formula is C32H36F2O. The van der Waals surface area contributed by atoms with Crippen LogP contribution in [0.25, 0.3) is 11.1 Å². The lowest BCUT2D eigenvalue weighted by Gasteiger charge is -2.27. The Bertz CT molecular complexity index is 1110. The number of rotatable bonds is 9. The van der Waals surface area contributed by atoms with Crippen LogP contribution in [0.4, 0.5) is 8.78 Å². The Morgan fingerprint density at radius 1 is 0.829 bits per heavy atom. The van der Waals surface area contributed by atoms with Gasteiger partial charge in [-0.05, 0) is 92.0 Å². The minimum absolute atomic E-state index is 0.0227. The molecule has 0 atom stereocenters. The lowest BCUT2D eigenvalue weighted by Crippen LogP contribution is -2.14. The van der Waals surface area contributed by atoms with Crippen molar-refractivity contribution < 1.29 is 13.5 Å². The maximum Gasteiger partial charge on any atom is 0.200 e. The standard InChI is InChI=1S/C32H36F2O/c1-3-22-35-30-21-20-29(31(33)32(30)34)28-18-12-25(13-19-28)7-5-4-6-24-10-16-27(17-11-24)26-14-8-23(2)9-15-26/h5,7-11,14-17,20-21,25,28H,3-4,6,12-13,18-19,22H2,1-2H3/b7-5+. The van der Waals surface area contributed by atoms with Gasteiger partial charge in [0.15, 0.2) is 11.6 Å². The molecule has 3 aromatic carbocycles.